The van der Waals surface area contributed by atoms with Gasteiger partial charge in [-0.05, 0) is 73.7 Å². The first-order valence-electron chi connectivity index (χ1n) is 7.39. The molecule has 0 radical (unpaired) electrons. The first-order chi connectivity index (χ1) is 9.20. The summed E-state index contributed by atoms with van der Waals surface area (Å²) in [5.41, 5.74) is 0. The van der Waals surface area contributed by atoms with Crippen molar-refractivity contribution in [2.45, 2.75) is 39.2 Å². The maximum absolute atomic E-state index is 3.57. The average molecular weight is 345 g/mol. The third-order valence-corrected chi connectivity index (χ3v) is 5.87. The van der Waals surface area contributed by atoms with Crippen LogP contribution in [0.4, 0.5) is 0 Å². The van der Waals surface area contributed by atoms with Crippen molar-refractivity contribution < 1.29 is 0 Å². The van der Waals surface area contributed by atoms with Crippen LogP contribution in [0.5, 0.6) is 0 Å². The zero-order valence-electron chi connectivity index (χ0n) is 12.0. The molecule has 2 nitrogen and oxygen atoms in total. The van der Waals surface area contributed by atoms with Crippen molar-refractivity contribution in [2.24, 2.45) is 5.92 Å². The summed E-state index contributed by atoms with van der Waals surface area (Å²) in [6.45, 7) is 9.50. The number of nitrogens with zero attached hydrogens (tertiary/aromatic N) is 1. The van der Waals surface area contributed by atoms with E-state index in [-0.39, 0.29) is 0 Å². The van der Waals surface area contributed by atoms with Crippen LogP contribution in [0.15, 0.2) is 15.9 Å². The van der Waals surface area contributed by atoms with Gasteiger partial charge in [-0.25, -0.2) is 0 Å². The first kappa shape index (κ1) is 15.5. The average Bonchev–Trinajstić information content (AvgIpc) is 2.85. The lowest BCUT2D eigenvalue weighted by molar-refractivity contribution is 0.163. The van der Waals surface area contributed by atoms with Gasteiger partial charge in [-0.3, -0.25) is 4.90 Å². The predicted octanol–water partition coefficient (Wildman–Crippen LogP) is 4.28. The number of rotatable bonds is 6. The highest BCUT2D eigenvalue weighted by molar-refractivity contribution is 9.10. The lowest BCUT2D eigenvalue weighted by atomic mass is 9.96. The largest absolute Gasteiger partial charge is 0.317 e. The van der Waals surface area contributed by atoms with Gasteiger partial charge in [-0.15, -0.1) is 11.3 Å². The number of nitrogens with one attached hydrogen (secondary N) is 1. The molecular formula is C15H25BrN2S. The number of piperidine rings is 1. The molecule has 1 unspecified atom stereocenters. The van der Waals surface area contributed by atoms with Crippen LogP contribution >= 0.6 is 27.3 Å². The zero-order chi connectivity index (χ0) is 13.7. The quantitative estimate of drug-likeness (QED) is 0.828. The second-order valence-corrected chi connectivity index (χ2v) is 7.39. The van der Waals surface area contributed by atoms with Crippen LogP contribution in [0, 0.1) is 5.92 Å². The Morgan fingerprint density at radius 2 is 2.21 bits per heavy atom. The SMILES string of the molecule is CCCN(CC1CCNCC1)C(C)c1cc(Br)cs1. The molecule has 1 N–H and O–H groups in total. The molecule has 19 heavy (non-hydrogen) atoms. The number of thiophene rings is 1. The minimum Gasteiger partial charge on any atom is -0.317 e. The van der Waals surface area contributed by atoms with E-state index in [2.05, 4.69) is 51.4 Å². The zero-order valence-corrected chi connectivity index (χ0v) is 14.4. The first-order valence-corrected chi connectivity index (χ1v) is 9.06. The van der Waals surface area contributed by atoms with Crippen LogP contribution in [-0.4, -0.2) is 31.1 Å². The number of hydrogen-bond acceptors (Lipinski definition) is 3. The third-order valence-electron chi connectivity index (χ3n) is 4.01. The second kappa shape index (κ2) is 7.77. The van der Waals surface area contributed by atoms with Crippen molar-refractivity contribution in [2.75, 3.05) is 26.2 Å². The van der Waals surface area contributed by atoms with Gasteiger partial charge in [0.2, 0.25) is 0 Å². The summed E-state index contributed by atoms with van der Waals surface area (Å²) in [6, 6.07) is 2.83. The summed E-state index contributed by atoms with van der Waals surface area (Å²) in [5, 5.41) is 5.66. The van der Waals surface area contributed by atoms with Crippen molar-refractivity contribution in [3.8, 4) is 0 Å². The van der Waals surface area contributed by atoms with Gasteiger partial charge in [-0.1, -0.05) is 6.92 Å². The van der Waals surface area contributed by atoms with Gasteiger partial charge in [0.15, 0.2) is 0 Å². The third kappa shape index (κ3) is 4.55. The number of halogens is 1. The molecule has 0 bridgehead atoms. The highest BCUT2D eigenvalue weighted by atomic mass is 79.9. The minimum atomic E-state index is 0.547. The van der Waals surface area contributed by atoms with Crippen LogP contribution in [0.3, 0.4) is 0 Å². The van der Waals surface area contributed by atoms with E-state index >= 15 is 0 Å². The molecule has 0 amide bonds. The van der Waals surface area contributed by atoms with Gasteiger partial charge in [0.05, 0.1) is 0 Å². The fourth-order valence-electron chi connectivity index (χ4n) is 2.85. The summed E-state index contributed by atoms with van der Waals surface area (Å²) >= 11 is 5.44. The normalized spacial score (nSPS) is 18.9. The van der Waals surface area contributed by atoms with Crippen LogP contribution in [0.2, 0.25) is 0 Å². The molecule has 0 aliphatic carbocycles. The summed E-state index contributed by atoms with van der Waals surface area (Å²) in [7, 11) is 0. The molecule has 2 heterocycles. The van der Waals surface area contributed by atoms with Gasteiger partial charge in [0.1, 0.15) is 0 Å². The maximum Gasteiger partial charge on any atom is 0.0413 e. The Kier molecular flexibility index (Phi) is 6.33. The molecule has 1 aromatic heterocycles. The summed E-state index contributed by atoms with van der Waals surface area (Å²) in [5.74, 6) is 0.874. The maximum atomic E-state index is 3.57. The summed E-state index contributed by atoms with van der Waals surface area (Å²) < 4.78 is 1.22. The Hall–Kier alpha value is 0.1000. The Morgan fingerprint density at radius 3 is 2.79 bits per heavy atom. The Morgan fingerprint density at radius 1 is 1.47 bits per heavy atom. The van der Waals surface area contributed by atoms with E-state index in [0.717, 1.165) is 5.92 Å². The molecule has 1 aliphatic rings. The standard InChI is InChI=1S/C15H25BrN2S/c1-3-8-18(10-13-4-6-17-7-5-13)12(2)15-9-14(16)11-19-15/h9,11-13,17H,3-8,10H2,1-2H3. The fraction of sp³-hybridized carbons (Fsp3) is 0.733. The lowest BCUT2D eigenvalue weighted by Gasteiger charge is -2.33. The van der Waals surface area contributed by atoms with Crippen LogP contribution in [-0.2, 0) is 0 Å². The van der Waals surface area contributed by atoms with E-state index in [4.69, 9.17) is 0 Å². The fourth-order valence-corrected chi connectivity index (χ4v) is 4.39. The van der Waals surface area contributed by atoms with Crippen molar-refractivity contribution in [3.05, 3.63) is 20.8 Å². The highest BCUT2D eigenvalue weighted by Gasteiger charge is 2.21. The van der Waals surface area contributed by atoms with Gasteiger partial charge in [0.25, 0.3) is 0 Å². The van der Waals surface area contributed by atoms with Crippen molar-refractivity contribution in [1.82, 2.24) is 10.2 Å². The molecule has 0 saturated carbocycles. The molecule has 0 spiro atoms. The van der Waals surface area contributed by atoms with Crippen LogP contribution in [0.25, 0.3) is 0 Å². The van der Waals surface area contributed by atoms with Crippen LogP contribution < -0.4 is 5.32 Å². The topological polar surface area (TPSA) is 15.3 Å². The highest BCUT2D eigenvalue weighted by Crippen LogP contribution is 2.30. The van der Waals surface area contributed by atoms with E-state index in [1.807, 2.05) is 11.3 Å². The second-order valence-electron chi connectivity index (χ2n) is 5.53. The minimum absolute atomic E-state index is 0.547. The van der Waals surface area contributed by atoms with Gasteiger partial charge >= 0.3 is 0 Å². The van der Waals surface area contributed by atoms with Crippen molar-refractivity contribution in [3.63, 3.8) is 0 Å². The Balaban J connectivity index is 1.97. The van der Waals surface area contributed by atoms with E-state index in [9.17, 15) is 0 Å². The molecule has 1 saturated heterocycles. The van der Waals surface area contributed by atoms with Gasteiger partial charge in [-0.2, -0.15) is 0 Å². The summed E-state index contributed by atoms with van der Waals surface area (Å²) in [6.07, 6.45) is 3.91. The Bertz CT molecular complexity index is 374. The lowest BCUT2D eigenvalue weighted by Crippen LogP contribution is -2.37. The Labute approximate surface area is 129 Å². The molecule has 0 aromatic carbocycles. The molecule has 1 atom stereocenters. The van der Waals surface area contributed by atoms with Gasteiger partial charge in [0, 0.05) is 27.3 Å². The monoisotopic (exact) mass is 344 g/mol. The van der Waals surface area contributed by atoms with E-state index in [0.29, 0.717) is 6.04 Å². The van der Waals surface area contributed by atoms with Crippen LogP contribution in [0.1, 0.15) is 44.0 Å². The van der Waals surface area contributed by atoms with Crippen molar-refractivity contribution in [1.29, 1.82) is 0 Å². The van der Waals surface area contributed by atoms with Gasteiger partial charge < -0.3 is 5.32 Å². The molecule has 108 valence electrons. The molecule has 1 aliphatic heterocycles. The smallest absolute Gasteiger partial charge is 0.0413 e. The molecule has 1 fully saturated rings. The molecular weight excluding hydrogens is 320 g/mol. The predicted molar refractivity (Wildman–Crippen MR) is 87.9 cm³/mol. The molecule has 2 rings (SSSR count). The van der Waals surface area contributed by atoms with E-state index in [1.165, 1.54) is 54.8 Å². The number of hydrogen-bond donors (Lipinski definition) is 1. The van der Waals surface area contributed by atoms with E-state index < -0.39 is 0 Å². The van der Waals surface area contributed by atoms with E-state index in [1.54, 1.807) is 0 Å². The molecule has 1 aromatic rings. The summed E-state index contributed by atoms with van der Waals surface area (Å²) in [4.78, 5) is 4.16. The molecule has 4 heteroatoms. The van der Waals surface area contributed by atoms with Crippen molar-refractivity contribution >= 4 is 27.3 Å².